The van der Waals surface area contributed by atoms with Crippen molar-refractivity contribution in [2.45, 2.75) is 19.9 Å². The third-order valence-corrected chi connectivity index (χ3v) is 4.83. The number of anilines is 1. The Hall–Kier alpha value is -1.33. The molecule has 0 radical (unpaired) electrons. The molecule has 1 aromatic carbocycles. The zero-order valence-corrected chi connectivity index (χ0v) is 13.0. The van der Waals surface area contributed by atoms with E-state index in [9.17, 15) is 0 Å². The number of fused-ring (bicyclic) bond motifs is 1. The molecule has 3 nitrogen and oxygen atoms in total. The Balaban J connectivity index is 1.91. The third kappa shape index (κ3) is 2.53. The van der Waals surface area contributed by atoms with Gasteiger partial charge in [0, 0.05) is 11.4 Å². The first kappa shape index (κ1) is 12.7. The number of thiophene rings is 1. The van der Waals surface area contributed by atoms with Crippen LogP contribution in [0.4, 0.5) is 5.95 Å². The summed E-state index contributed by atoms with van der Waals surface area (Å²) >= 11 is 5.26. The number of hydrogen-bond acceptors (Lipinski definition) is 3. The van der Waals surface area contributed by atoms with Gasteiger partial charge in [0.25, 0.3) is 0 Å². The Bertz CT molecular complexity index is 729. The second-order valence-electron chi connectivity index (χ2n) is 4.57. The van der Waals surface area contributed by atoms with Crippen LogP contribution >= 0.6 is 27.3 Å². The predicted octanol–water partition coefficient (Wildman–Crippen LogP) is 3.99. The van der Waals surface area contributed by atoms with E-state index in [1.165, 1.54) is 14.2 Å². The van der Waals surface area contributed by atoms with Gasteiger partial charge in [0.05, 0.1) is 14.8 Å². The molecule has 0 aliphatic rings. The van der Waals surface area contributed by atoms with Crippen molar-refractivity contribution >= 4 is 44.2 Å². The topological polar surface area (TPSA) is 43.8 Å². The van der Waals surface area contributed by atoms with Crippen molar-refractivity contribution in [3.05, 3.63) is 44.6 Å². The zero-order valence-electron chi connectivity index (χ0n) is 10.6. The van der Waals surface area contributed by atoms with Crippen molar-refractivity contribution in [2.24, 2.45) is 0 Å². The predicted molar refractivity (Wildman–Crippen MR) is 84.6 cm³/mol. The minimum atomic E-state index is 0.594. The fraction of sp³-hybridized carbons (Fsp3) is 0.214. The van der Waals surface area contributed by atoms with Gasteiger partial charge in [-0.1, -0.05) is 6.07 Å². The van der Waals surface area contributed by atoms with Gasteiger partial charge >= 0.3 is 0 Å². The van der Waals surface area contributed by atoms with Gasteiger partial charge in [-0.25, -0.2) is 4.98 Å². The molecule has 0 aliphatic carbocycles. The molecule has 0 unspecified atom stereocenters. The van der Waals surface area contributed by atoms with Crippen LogP contribution in [0, 0.1) is 6.92 Å². The second-order valence-corrected chi connectivity index (χ2v) is 7.12. The fourth-order valence-electron chi connectivity index (χ4n) is 2.19. The lowest BCUT2D eigenvalue weighted by molar-refractivity contribution is 0.732. The average Bonchev–Trinajstić information content (AvgIpc) is 2.90. The SMILES string of the molecule is Cc1ccc2nc(N)n(CCc3ccc(Br)s3)c2c1. The van der Waals surface area contributed by atoms with Crippen LogP contribution in [0.15, 0.2) is 34.1 Å². The van der Waals surface area contributed by atoms with Crippen LogP contribution in [0.25, 0.3) is 11.0 Å². The summed E-state index contributed by atoms with van der Waals surface area (Å²) < 4.78 is 3.26. The summed E-state index contributed by atoms with van der Waals surface area (Å²) in [6.45, 7) is 2.95. The Labute approximate surface area is 124 Å². The number of imidazole rings is 1. The second kappa shape index (κ2) is 4.98. The Morgan fingerprint density at radius 2 is 2.16 bits per heavy atom. The van der Waals surface area contributed by atoms with Gasteiger partial charge in [-0.05, 0) is 59.1 Å². The highest BCUT2D eigenvalue weighted by Crippen LogP contribution is 2.24. The molecule has 0 amide bonds. The molecular formula is C14H14BrN3S. The number of hydrogen-bond donors (Lipinski definition) is 1. The largest absolute Gasteiger partial charge is 0.369 e. The smallest absolute Gasteiger partial charge is 0.201 e. The van der Waals surface area contributed by atoms with Gasteiger partial charge in [0.1, 0.15) is 0 Å². The van der Waals surface area contributed by atoms with Crippen LogP contribution in [0.2, 0.25) is 0 Å². The molecule has 3 aromatic rings. The van der Waals surface area contributed by atoms with E-state index in [2.05, 4.69) is 56.7 Å². The number of rotatable bonds is 3. The maximum atomic E-state index is 6.02. The van der Waals surface area contributed by atoms with Gasteiger partial charge in [-0.3, -0.25) is 0 Å². The van der Waals surface area contributed by atoms with Gasteiger partial charge in [-0.15, -0.1) is 11.3 Å². The van der Waals surface area contributed by atoms with Crippen molar-refractivity contribution in [2.75, 3.05) is 5.73 Å². The Morgan fingerprint density at radius 1 is 1.32 bits per heavy atom. The summed E-state index contributed by atoms with van der Waals surface area (Å²) in [4.78, 5) is 5.75. The molecule has 0 saturated heterocycles. The van der Waals surface area contributed by atoms with Crippen molar-refractivity contribution in [1.82, 2.24) is 9.55 Å². The van der Waals surface area contributed by atoms with Crippen LogP contribution in [-0.4, -0.2) is 9.55 Å². The van der Waals surface area contributed by atoms with E-state index in [0.717, 1.165) is 24.0 Å². The van der Waals surface area contributed by atoms with Gasteiger partial charge in [0.15, 0.2) is 0 Å². The van der Waals surface area contributed by atoms with Gasteiger partial charge in [-0.2, -0.15) is 0 Å². The lowest BCUT2D eigenvalue weighted by Crippen LogP contribution is -2.05. The number of aryl methyl sites for hydroxylation is 3. The number of nitrogens with zero attached hydrogens (tertiary/aromatic N) is 2. The molecule has 0 fully saturated rings. The van der Waals surface area contributed by atoms with Crippen LogP contribution in [0.3, 0.4) is 0 Å². The molecule has 0 spiro atoms. The summed E-state index contributed by atoms with van der Waals surface area (Å²) in [6, 6.07) is 10.5. The molecule has 0 aliphatic heterocycles. The molecule has 2 heterocycles. The summed E-state index contributed by atoms with van der Waals surface area (Å²) in [6.07, 6.45) is 0.972. The molecule has 0 atom stereocenters. The van der Waals surface area contributed by atoms with Crippen molar-refractivity contribution < 1.29 is 0 Å². The fourth-order valence-corrected chi connectivity index (χ4v) is 3.67. The molecule has 98 valence electrons. The Kier molecular flexibility index (Phi) is 3.33. The molecule has 3 rings (SSSR count). The highest BCUT2D eigenvalue weighted by Gasteiger charge is 2.08. The van der Waals surface area contributed by atoms with Crippen LogP contribution in [0.5, 0.6) is 0 Å². The maximum Gasteiger partial charge on any atom is 0.201 e. The van der Waals surface area contributed by atoms with Crippen molar-refractivity contribution in [3.8, 4) is 0 Å². The van der Waals surface area contributed by atoms with E-state index in [0.29, 0.717) is 5.95 Å². The standard InChI is InChI=1S/C14H14BrN3S/c1-9-2-4-11-12(8-9)18(14(16)17-11)7-6-10-3-5-13(15)19-10/h2-5,8H,6-7H2,1H3,(H2,16,17). The van der Waals surface area contributed by atoms with E-state index in [-0.39, 0.29) is 0 Å². The number of nitrogen functional groups attached to an aromatic ring is 1. The first-order valence-corrected chi connectivity index (χ1v) is 7.71. The number of aromatic nitrogens is 2. The van der Waals surface area contributed by atoms with E-state index in [1.807, 2.05) is 6.07 Å². The zero-order chi connectivity index (χ0) is 13.4. The minimum Gasteiger partial charge on any atom is -0.369 e. The normalized spacial score (nSPS) is 11.3. The van der Waals surface area contributed by atoms with E-state index < -0.39 is 0 Å². The maximum absolute atomic E-state index is 6.02. The molecule has 2 aromatic heterocycles. The highest BCUT2D eigenvalue weighted by molar-refractivity contribution is 9.11. The monoisotopic (exact) mass is 335 g/mol. The summed E-state index contributed by atoms with van der Waals surface area (Å²) in [5.74, 6) is 0.594. The van der Waals surface area contributed by atoms with Crippen LogP contribution in [-0.2, 0) is 13.0 Å². The number of benzene rings is 1. The summed E-state index contributed by atoms with van der Waals surface area (Å²) in [7, 11) is 0. The third-order valence-electron chi connectivity index (χ3n) is 3.14. The molecule has 2 N–H and O–H groups in total. The molecule has 0 bridgehead atoms. The molecule has 19 heavy (non-hydrogen) atoms. The van der Waals surface area contributed by atoms with Crippen molar-refractivity contribution in [1.29, 1.82) is 0 Å². The number of nitrogens with two attached hydrogens (primary N) is 1. The van der Waals surface area contributed by atoms with E-state index in [1.54, 1.807) is 11.3 Å². The highest BCUT2D eigenvalue weighted by atomic mass is 79.9. The average molecular weight is 336 g/mol. The lowest BCUT2D eigenvalue weighted by atomic mass is 10.2. The lowest BCUT2D eigenvalue weighted by Gasteiger charge is -2.05. The quantitative estimate of drug-likeness (QED) is 0.786. The van der Waals surface area contributed by atoms with Crippen LogP contribution in [0.1, 0.15) is 10.4 Å². The van der Waals surface area contributed by atoms with E-state index in [4.69, 9.17) is 5.73 Å². The summed E-state index contributed by atoms with van der Waals surface area (Å²) in [5.41, 5.74) is 9.33. The van der Waals surface area contributed by atoms with Gasteiger partial charge in [0.2, 0.25) is 5.95 Å². The Morgan fingerprint density at radius 3 is 2.89 bits per heavy atom. The first-order chi connectivity index (χ1) is 9.13. The minimum absolute atomic E-state index is 0.594. The molecule has 5 heteroatoms. The summed E-state index contributed by atoms with van der Waals surface area (Å²) in [5, 5.41) is 0. The molecule has 0 saturated carbocycles. The van der Waals surface area contributed by atoms with Crippen molar-refractivity contribution in [3.63, 3.8) is 0 Å². The van der Waals surface area contributed by atoms with Gasteiger partial charge < -0.3 is 10.3 Å². The number of halogens is 1. The molecular weight excluding hydrogens is 322 g/mol. The van der Waals surface area contributed by atoms with E-state index >= 15 is 0 Å². The first-order valence-electron chi connectivity index (χ1n) is 6.10. The van der Waals surface area contributed by atoms with Crippen LogP contribution < -0.4 is 5.73 Å².